The number of carbonyl (C=O) groups excluding carboxylic acids is 3. The lowest BCUT2D eigenvalue weighted by Crippen LogP contribution is -2.45. The fourth-order valence-corrected chi connectivity index (χ4v) is 4.05. The van der Waals surface area contributed by atoms with Gasteiger partial charge in [-0.05, 0) is 24.3 Å². The summed E-state index contributed by atoms with van der Waals surface area (Å²) in [5, 5.41) is 0. The Bertz CT molecular complexity index is 720. The van der Waals surface area contributed by atoms with Crippen molar-refractivity contribution in [2.45, 2.75) is 13.3 Å². The van der Waals surface area contributed by atoms with E-state index in [4.69, 9.17) is 14.2 Å². The number of ether oxygens (including phenoxy) is 3. The van der Waals surface area contributed by atoms with Crippen LogP contribution in [0, 0.1) is 23.2 Å². The van der Waals surface area contributed by atoms with Crippen molar-refractivity contribution in [3.8, 4) is 0 Å². The van der Waals surface area contributed by atoms with Crippen LogP contribution in [0.4, 0.5) is 0 Å². The lowest BCUT2D eigenvalue weighted by Gasteiger charge is -2.29. The van der Waals surface area contributed by atoms with E-state index in [0.717, 1.165) is 5.56 Å². The molecule has 0 radical (unpaired) electrons. The fraction of sp³-hybridized carbons (Fsp3) is 0.421. The highest BCUT2D eigenvalue weighted by Gasteiger charge is 2.64. The van der Waals surface area contributed by atoms with Gasteiger partial charge in [0.25, 0.3) is 0 Å². The van der Waals surface area contributed by atoms with E-state index in [1.54, 1.807) is 6.92 Å². The van der Waals surface area contributed by atoms with Crippen molar-refractivity contribution in [3.05, 3.63) is 42.0 Å². The van der Waals surface area contributed by atoms with Gasteiger partial charge in [0.2, 0.25) is 0 Å². The van der Waals surface area contributed by atoms with Crippen molar-refractivity contribution in [1.29, 1.82) is 0 Å². The first-order chi connectivity index (χ1) is 12.0. The van der Waals surface area contributed by atoms with E-state index in [1.807, 2.05) is 36.4 Å². The topological polar surface area (TPSA) is 78.9 Å². The number of rotatable bonds is 3. The number of allylic oxidation sites excluding steroid dienone is 1. The molecule has 1 aliphatic heterocycles. The molecular formula is C19H20O6. The summed E-state index contributed by atoms with van der Waals surface area (Å²) in [6, 6.07) is 9.24. The van der Waals surface area contributed by atoms with Crippen LogP contribution >= 0.6 is 0 Å². The predicted molar refractivity (Wildman–Crippen MR) is 87.7 cm³/mol. The molecule has 3 atom stereocenters. The predicted octanol–water partition coefficient (Wildman–Crippen LogP) is 2.19. The Morgan fingerprint density at radius 1 is 1.12 bits per heavy atom. The molecule has 1 heterocycles. The van der Waals surface area contributed by atoms with Gasteiger partial charge in [-0.15, -0.1) is 0 Å². The molecule has 6 heteroatoms. The van der Waals surface area contributed by atoms with Gasteiger partial charge in [-0.3, -0.25) is 14.4 Å². The van der Waals surface area contributed by atoms with Crippen molar-refractivity contribution in [2.75, 3.05) is 14.2 Å². The zero-order valence-corrected chi connectivity index (χ0v) is 14.4. The first-order valence-corrected chi connectivity index (χ1v) is 8.11. The molecule has 0 bridgehead atoms. The third-order valence-electron chi connectivity index (χ3n) is 5.34. The summed E-state index contributed by atoms with van der Waals surface area (Å²) in [6.45, 7) is 1.70. The number of esters is 3. The third-order valence-corrected chi connectivity index (χ3v) is 5.34. The van der Waals surface area contributed by atoms with Gasteiger partial charge < -0.3 is 14.2 Å². The average Bonchev–Trinajstić information content (AvgIpc) is 2.95. The van der Waals surface area contributed by atoms with Gasteiger partial charge in [-0.25, -0.2) is 0 Å². The number of methoxy groups -OCH3 is 2. The van der Waals surface area contributed by atoms with Crippen molar-refractivity contribution in [1.82, 2.24) is 0 Å². The highest BCUT2D eigenvalue weighted by molar-refractivity contribution is 6.02. The fourth-order valence-electron chi connectivity index (χ4n) is 4.05. The molecule has 1 aromatic rings. The quantitative estimate of drug-likeness (QED) is 0.475. The molecule has 0 unspecified atom stereocenters. The largest absolute Gasteiger partial charge is 0.468 e. The summed E-state index contributed by atoms with van der Waals surface area (Å²) < 4.78 is 15.2. The standard InChI is InChI=1S/C19H20O6/c1-11-15-13(10-19(11,17(21)23-2)18(22)24-3)9-14(25-16(15)20)12-7-5-4-6-8-12/h4-9,11,13,15H,10H2,1-3H3/t11-,13+,15-/m0/s1. The summed E-state index contributed by atoms with van der Waals surface area (Å²) in [4.78, 5) is 37.5. The molecule has 1 aliphatic carbocycles. The van der Waals surface area contributed by atoms with Crippen LogP contribution in [0.25, 0.3) is 5.76 Å². The summed E-state index contributed by atoms with van der Waals surface area (Å²) in [5.41, 5.74) is -0.726. The van der Waals surface area contributed by atoms with Crippen LogP contribution in [0.5, 0.6) is 0 Å². The van der Waals surface area contributed by atoms with Crippen molar-refractivity contribution in [2.24, 2.45) is 23.2 Å². The first-order valence-electron chi connectivity index (χ1n) is 8.11. The second-order valence-electron chi connectivity index (χ2n) is 6.45. The van der Waals surface area contributed by atoms with Gasteiger partial charge in [-0.1, -0.05) is 37.3 Å². The molecule has 6 nitrogen and oxygen atoms in total. The number of carbonyl (C=O) groups is 3. The van der Waals surface area contributed by atoms with Gasteiger partial charge in [0.1, 0.15) is 5.76 Å². The van der Waals surface area contributed by atoms with Crippen LogP contribution in [0.3, 0.4) is 0 Å². The minimum atomic E-state index is -1.50. The van der Waals surface area contributed by atoms with E-state index in [2.05, 4.69) is 0 Å². The molecule has 1 fully saturated rings. The molecule has 2 aliphatic rings. The maximum Gasteiger partial charge on any atom is 0.323 e. The van der Waals surface area contributed by atoms with E-state index in [-0.39, 0.29) is 12.3 Å². The monoisotopic (exact) mass is 344 g/mol. The summed E-state index contributed by atoms with van der Waals surface area (Å²) in [6.07, 6.45) is 1.98. The van der Waals surface area contributed by atoms with Crippen molar-refractivity contribution >= 4 is 23.7 Å². The highest BCUT2D eigenvalue weighted by Crippen LogP contribution is 2.54. The molecule has 132 valence electrons. The molecule has 1 aromatic carbocycles. The summed E-state index contributed by atoms with van der Waals surface area (Å²) in [7, 11) is 2.45. The van der Waals surface area contributed by atoms with Gasteiger partial charge in [0.05, 0.1) is 20.1 Å². The number of hydrogen-bond acceptors (Lipinski definition) is 6. The molecule has 1 saturated carbocycles. The van der Waals surface area contributed by atoms with Crippen LogP contribution in [0.1, 0.15) is 18.9 Å². The summed E-state index contributed by atoms with van der Waals surface area (Å²) in [5.74, 6) is -2.82. The van der Waals surface area contributed by atoms with Crippen LogP contribution in [0.2, 0.25) is 0 Å². The van der Waals surface area contributed by atoms with Gasteiger partial charge in [0, 0.05) is 5.56 Å². The van der Waals surface area contributed by atoms with E-state index in [9.17, 15) is 14.4 Å². The Morgan fingerprint density at radius 2 is 1.72 bits per heavy atom. The third kappa shape index (κ3) is 2.52. The Labute approximate surface area is 145 Å². The zero-order valence-electron chi connectivity index (χ0n) is 14.4. The van der Waals surface area contributed by atoms with Crippen LogP contribution in [-0.2, 0) is 28.6 Å². The molecule has 0 aromatic heterocycles. The first kappa shape index (κ1) is 17.2. The second kappa shape index (κ2) is 6.35. The van der Waals surface area contributed by atoms with E-state index < -0.39 is 35.2 Å². The average molecular weight is 344 g/mol. The molecule has 0 saturated heterocycles. The SMILES string of the molecule is COC(=O)C1(C(=O)OC)C[C@H]2C=C(c3ccccc3)OC(=O)[C@H]2[C@@H]1C. The molecule has 0 spiro atoms. The maximum atomic E-state index is 12.6. The van der Waals surface area contributed by atoms with E-state index in [1.165, 1.54) is 14.2 Å². The molecule has 0 N–H and O–H groups in total. The van der Waals surface area contributed by atoms with Crippen LogP contribution in [-0.4, -0.2) is 32.1 Å². The van der Waals surface area contributed by atoms with E-state index >= 15 is 0 Å². The maximum absolute atomic E-state index is 12.6. The Hall–Kier alpha value is -2.63. The molecule has 3 rings (SSSR count). The lowest BCUT2D eigenvalue weighted by molar-refractivity contribution is -0.172. The number of fused-ring (bicyclic) bond motifs is 1. The smallest absolute Gasteiger partial charge is 0.323 e. The molecule has 25 heavy (non-hydrogen) atoms. The number of benzene rings is 1. The van der Waals surface area contributed by atoms with Crippen molar-refractivity contribution < 1.29 is 28.6 Å². The van der Waals surface area contributed by atoms with E-state index in [0.29, 0.717) is 5.76 Å². The van der Waals surface area contributed by atoms with Gasteiger partial charge in [0.15, 0.2) is 5.41 Å². The minimum Gasteiger partial charge on any atom is -0.468 e. The normalized spacial score (nSPS) is 26.9. The number of cyclic esters (lactones) is 1. The Balaban J connectivity index is 2.04. The highest BCUT2D eigenvalue weighted by atomic mass is 16.6. The second-order valence-corrected chi connectivity index (χ2v) is 6.45. The lowest BCUT2D eigenvalue weighted by atomic mass is 9.76. The number of hydrogen-bond donors (Lipinski definition) is 0. The minimum absolute atomic E-state index is 0.156. The zero-order chi connectivity index (χ0) is 18.2. The molecular weight excluding hydrogens is 324 g/mol. The Kier molecular flexibility index (Phi) is 4.37. The van der Waals surface area contributed by atoms with Crippen LogP contribution in [0.15, 0.2) is 36.4 Å². The summed E-state index contributed by atoms with van der Waals surface area (Å²) >= 11 is 0. The van der Waals surface area contributed by atoms with Crippen molar-refractivity contribution in [3.63, 3.8) is 0 Å². The van der Waals surface area contributed by atoms with Crippen LogP contribution < -0.4 is 0 Å². The van der Waals surface area contributed by atoms with Gasteiger partial charge in [-0.2, -0.15) is 0 Å². The molecule has 0 amide bonds. The van der Waals surface area contributed by atoms with Gasteiger partial charge >= 0.3 is 17.9 Å². The Morgan fingerprint density at radius 3 is 2.28 bits per heavy atom.